The van der Waals surface area contributed by atoms with Crippen LogP contribution in [0.15, 0.2) is 30.3 Å². The van der Waals surface area contributed by atoms with Gasteiger partial charge in [-0.25, -0.2) is 0 Å². The molecule has 7 nitrogen and oxygen atoms in total. The summed E-state index contributed by atoms with van der Waals surface area (Å²) in [7, 11) is 0. The van der Waals surface area contributed by atoms with Crippen LogP contribution in [0.1, 0.15) is 16.7 Å². The number of rotatable bonds is 3. The molecule has 0 aliphatic carbocycles. The zero-order valence-electron chi connectivity index (χ0n) is 13.8. The number of halogens is 1. The molecular formula is C17H16ClN3O4. The number of hydrogen-bond donors (Lipinski definition) is 2. The number of carbonyl (C=O) groups excluding carboxylic acids is 2. The second-order valence-electron chi connectivity index (χ2n) is 5.60. The molecule has 0 atom stereocenters. The Hall–Kier alpha value is -2.93. The molecule has 0 aliphatic heterocycles. The Morgan fingerprint density at radius 2 is 1.56 bits per heavy atom. The summed E-state index contributed by atoms with van der Waals surface area (Å²) in [5, 5.41) is 15.7. The molecule has 0 fully saturated rings. The predicted octanol–water partition coefficient (Wildman–Crippen LogP) is 3.75. The predicted molar refractivity (Wildman–Crippen MR) is 96.0 cm³/mol. The van der Waals surface area contributed by atoms with E-state index in [1.807, 2.05) is 32.9 Å². The van der Waals surface area contributed by atoms with Gasteiger partial charge in [-0.3, -0.25) is 19.7 Å². The second-order valence-corrected chi connectivity index (χ2v) is 6.01. The van der Waals surface area contributed by atoms with E-state index in [0.29, 0.717) is 5.69 Å². The monoisotopic (exact) mass is 361 g/mol. The zero-order chi connectivity index (χ0) is 18.7. The highest BCUT2D eigenvalue weighted by molar-refractivity contribution is 6.45. The van der Waals surface area contributed by atoms with Crippen LogP contribution >= 0.6 is 11.6 Å². The number of aryl methyl sites for hydroxylation is 3. The molecule has 130 valence electrons. The van der Waals surface area contributed by atoms with Crippen LogP contribution in [0.4, 0.5) is 17.1 Å². The number of hydrogen-bond acceptors (Lipinski definition) is 4. The van der Waals surface area contributed by atoms with Gasteiger partial charge in [-0.2, -0.15) is 0 Å². The van der Waals surface area contributed by atoms with Crippen LogP contribution in [0, 0.1) is 30.9 Å². The molecule has 2 rings (SSSR count). The van der Waals surface area contributed by atoms with Gasteiger partial charge in [0.1, 0.15) is 0 Å². The van der Waals surface area contributed by atoms with Gasteiger partial charge in [0.05, 0.1) is 15.6 Å². The number of amides is 2. The Balaban J connectivity index is 2.18. The first-order chi connectivity index (χ1) is 11.7. The maximum atomic E-state index is 12.1. The SMILES string of the molecule is Cc1cc(C)c(NC(=O)C(=O)Nc2cc([N+](=O)[O-])ccc2Cl)c(C)c1. The van der Waals surface area contributed by atoms with E-state index in [1.54, 1.807) is 0 Å². The molecule has 0 aliphatic rings. The third-order valence-corrected chi connectivity index (χ3v) is 3.86. The Kier molecular flexibility index (Phi) is 5.38. The van der Waals surface area contributed by atoms with Crippen molar-refractivity contribution >= 4 is 40.5 Å². The van der Waals surface area contributed by atoms with Gasteiger partial charge in [-0.15, -0.1) is 0 Å². The minimum Gasteiger partial charge on any atom is -0.317 e. The lowest BCUT2D eigenvalue weighted by molar-refractivity contribution is -0.384. The first-order valence-electron chi connectivity index (χ1n) is 7.33. The van der Waals surface area contributed by atoms with Crippen molar-refractivity contribution in [1.82, 2.24) is 0 Å². The average molecular weight is 362 g/mol. The molecule has 0 heterocycles. The van der Waals surface area contributed by atoms with Crippen molar-refractivity contribution in [1.29, 1.82) is 0 Å². The van der Waals surface area contributed by atoms with Gasteiger partial charge in [-0.05, 0) is 38.0 Å². The number of non-ortho nitro benzene ring substituents is 1. The summed E-state index contributed by atoms with van der Waals surface area (Å²) >= 11 is 5.91. The number of nitrogens with zero attached hydrogens (tertiary/aromatic N) is 1. The topological polar surface area (TPSA) is 101 Å². The average Bonchev–Trinajstić information content (AvgIpc) is 2.52. The number of benzene rings is 2. The Labute approximate surface area is 149 Å². The van der Waals surface area contributed by atoms with Gasteiger partial charge in [0.2, 0.25) is 0 Å². The largest absolute Gasteiger partial charge is 0.317 e. The lowest BCUT2D eigenvalue weighted by Gasteiger charge is -2.13. The lowest BCUT2D eigenvalue weighted by Crippen LogP contribution is -2.29. The highest BCUT2D eigenvalue weighted by Gasteiger charge is 2.19. The number of nitro groups is 1. The molecule has 8 heteroatoms. The van der Waals surface area contributed by atoms with Crippen LogP contribution in [0.25, 0.3) is 0 Å². The van der Waals surface area contributed by atoms with Gasteiger partial charge < -0.3 is 10.6 Å². The van der Waals surface area contributed by atoms with Crippen molar-refractivity contribution in [3.8, 4) is 0 Å². The van der Waals surface area contributed by atoms with Crippen LogP contribution in [-0.2, 0) is 9.59 Å². The maximum Gasteiger partial charge on any atom is 0.314 e. The Bertz CT molecular complexity index is 857. The fourth-order valence-electron chi connectivity index (χ4n) is 2.45. The third kappa shape index (κ3) is 4.33. The van der Waals surface area contributed by atoms with Crippen LogP contribution in [0.3, 0.4) is 0 Å². The minimum absolute atomic E-state index is 0.00614. The molecule has 0 saturated heterocycles. The van der Waals surface area contributed by atoms with E-state index in [1.165, 1.54) is 12.1 Å². The molecule has 2 aromatic carbocycles. The summed E-state index contributed by atoms with van der Waals surface area (Å²) < 4.78 is 0. The summed E-state index contributed by atoms with van der Waals surface area (Å²) in [6, 6.07) is 7.35. The number of carbonyl (C=O) groups is 2. The van der Waals surface area contributed by atoms with Crippen LogP contribution in [0.5, 0.6) is 0 Å². The molecular weight excluding hydrogens is 346 g/mol. The van der Waals surface area contributed by atoms with E-state index in [4.69, 9.17) is 11.6 Å². The molecule has 2 amide bonds. The molecule has 0 radical (unpaired) electrons. The van der Waals surface area contributed by atoms with E-state index in [0.717, 1.165) is 22.8 Å². The van der Waals surface area contributed by atoms with Crippen LogP contribution in [-0.4, -0.2) is 16.7 Å². The molecule has 0 spiro atoms. The summed E-state index contributed by atoms with van der Waals surface area (Å²) in [4.78, 5) is 34.4. The summed E-state index contributed by atoms with van der Waals surface area (Å²) in [5.74, 6) is -1.86. The first kappa shape index (κ1) is 18.4. The fourth-order valence-corrected chi connectivity index (χ4v) is 2.61. The molecule has 25 heavy (non-hydrogen) atoms. The second kappa shape index (κ2) is 7.31. The van der Waals surface area contributed by atoms with E-state index in [9.17, 15) is 19.7 Å². The van der Waals surface area contributed by atoms with E-state index in [-0.39, 0.29) is 16.4 Å². The van der Waals surface area contributed by atoms with Crippen molar-refractivity contribution in [3.63, 3.8) is 0 Å². The van der Waals surface area contributed by atoms with Gasteiger partial charge in [0.25, 0.3) is 5.69 Å². The smallest absolute Gasteiger partial charge is 0.314 e. The van der Waals surface area contributed by atoms with Gasteiger partial charge in [0.15, 0.2) is 0 Å². The Morgan fingerprint density at radius 1 is 1.00 bits per heavy atom. The van der Waals surface area contributed by atoms with Gasteiger partial charge >= 0.3 is 11.8 Å². The normalized spacial score (nSPS) is 10.2. The van der Waals surface area contributed by atoms with Gasteiger partial charge in [-0.1, -0.05) is 29.3 Å². The van der Waals surface area contributed by atoms with Crippen molar-refractivity contribution in [3.05, 3.63) is 62.2 Å². The highest BCUT2D eigenvalue weighted by Crippen LogP contribution is 2.27. The van der Waals surface area contributed by atoms with E-state index < -0.39 is 16.7 Å². The quantitative estimate of drug-likeness (QED) is 0.493. The first-order valence-corrected chi connectivity index (χ1v) is 7.71. The van der Waals surface area contributed by atoms with Crippen LogP contribution in [0.2, 0.25) is 5.02 Å². The number of nitrogens with one attached hydrogen (secondary N) is 2. The van der Waals surface area contributed by atoms with Gasteiger partial charge in [0, 0.05) is 17.8 Å². The number of nitro benzene ring substituents is 1. The standard InChI is InChI=1S/C17H16ClN3O4/c1-9-6-10(2)15(11(3)7-9)20-17(23)16(22)19-14-8-12(21(24)25)4-5-13(14)18/h4-8H,1-3H3,(H,19,22)(H,20,23). The molecule has 0 bridgehead atoms. The summed E-state index contributed by atoms with van der Waals surface area (Å²) in [6.45, 7) is 5.58. The molecule has 0 saturated carbocycles. The van der Waals surface area contributed by atoms with E-state index in [2.05, 4.69) is 10.6 Å². The zero-order valence-corrected chi connectivity index (χ0v) is 14.6. The highest BCUT2D eigenvalue weighted by atomic mass is 35.5. The maximum absolute atomic E-state index is 12.1. The van der Waals surface area contributed by atoms with Crippen LogP contribution < -0.4 is 10.6 Å². The third-order valence-electron chi connectivity index (χ3n) is 3.53. The summed E-state index contributed by atoms with van der Waals surface area (Å²) in [6.07, 6.45) is 0. The van der Waals surface area contributed by atoms with Crippen molar-refractivity contribution in [2.75, 3.05) is 10.6 Å². The lowest BCUT2D eigenvalue weighted by atomic mass is 10.1. The van der Waals surface area contributed by atoms with Crippen molar-refractivity contribution in [2.24, 2.45) is 0 Å². The molecule has 0 unspecified atom stereocenters. The van der Waals surface area contributed by atoms with E-state index >= 15 is 0 Å². The summed E-state index contributed by atoms with van der Waals surface area (Å²) in [5.41, 5.74) is 2.99. The number of anilines is 2. The van der Waals surface area contributed by atoms with Crippen molar-refractivity contribution in [2.45, 2.75) is 20.8 Å². The fraction of sp³-hybridized carbons (Fsp3) is 0.176. The minimum atomic E-state index is -0.971. The Morgan fingerprint density at radius 3 is 2.12 bits per heavy atom. The molecule has 2 N–H and O–H groups in total. The van der Waals surface area contributed by atoms with Crippen molar-refractivity contribution < 1.29 is 14.5 Å². The molecule has 2 aromatic rings. The molecule has 0 aromatic heterocycles.